The Balaban J connectivity index is 3.02. The second-order valence-electron chi connectivity index (χ2n) is 2.14. The standard InChI is InChI=1S/C6H4ClN3O/c7-5-1-4-3(2-8-10-4)6(11)9-5/h1-2H,(H,8,10)(H,9,11). The number of hydrogen-bond acceptors (Lipinski definition) is 2. The number of nitrogens with one attached hydrogen (secondary N) is 2. The second kappa shape index (κ2) is 2.10. The van der Waals surface area contributed by atoms with Crippen LogP contribution in [-0.2, 0) is 0 Å². The SMILES string of the molecule is O=c1[nH]c(Cl)cc2[nH]ncc12. The second-order valence-corrected chi connectivity index (χ2v) is 2.55. The Labute approximate surface area is 66.2 Å². The molecular weight excluding hydrogens is 166 g/mol. The van der Waals surface area contributed by atoms with Crippen LogP contribution in [0.3, 0.4) is 0 Å². The van der Waals surface area contributed by atoms with Crippen LogP contribution in [0.5, 0.6) is 0 Å². The summed E-state index contributed by atoms with van der Waals surface area (Å²) in [6, 6.07) is 1.62. The molecule has 2 rings (SSSR count). The highest BCUT2D eigenvalue weighted by molar-refractivity contribution is 6.29. The first kappa shape index (κ1) is 6.42. The number of rotatable bonds is 0. The molecule has 0 saturated heterocycles. The minimum absolute atomic E-state index is 0.221. The van der Waals surface area contributed by atoms with Crippen LogP contribution in [0.4, 0.5) is 0 Å². The van der Waals surface area contributed by atoms with Crippen molar-refractivity contribution >= 4 is 22.5 Å². The number of nitrogens with zero attached hydrogens (tertiary/aromatic N) is 1. The van der Waals surface area contributed by atoms with Crippen molar-refractivity contribution in [2.24, 2.45) is 0 Å². The Hall–Kier alpha value is -1.29. The number of hydrogen-bond donors (Lipinski definition) is 2. The van der Waals surface area contributed by atoms with Gasteiger partial charge in [-0.2, -0.15) is 5.10 Å². The van der Waals surface area contributed by atoms with E-state index in [1.54, 1.807) is 6.07 Å². The molecule has 2 heterocycles. The van der Waals surface area contributed by atoms with Crippen molar-refractivity contribution in [3.05, 3.63) is 27.8 Å². The topological polar surface area (TPSA) is 61.5 Å². The van der Waals surface area contributed by atoms with Gasteiger partial charge in [0.25, 0.3) is 5.56 Å². The lowest BCUT2D eigenvalue weighted by Crippen LogP contribution is -2.03. The maximum absolute atomic E-state index is 11.1. The van der Waals surface area contributed by atoms with Crippen molar-refractivity contribution in [2.45, 2.75) is 0 Å². The summed E-state index contributed by atoms with van der Waals surface area (Å²) in [7, 11) is 0. The molecule has 5 heteroatoms. The van der Waals surface area contributed by atoms with Gasteiger partial charge in [0.2, 0.25) is 0 Å². The Bertz CT molecular complexity index is 444. The smallest absolute Gasteiger partial charge is 0.260 e. The minimum atomic E-state index is -0.221. The first-order valence-corrected chi connectivity index (χ1v) is 3.37. The Morgan fingerprint density at radius 3 is 3.18 bits per heavy atom. The fourth-order valence-electron chi connectivity index (χ4n) is 0.926. The first-order valence-electron chi connectivity index (χ1n) is 2.99. The molecule has 0 aliphatic carbocycles. The summed E-state index contributed by atoms with van der Waals surface area (Å²) in [5.74, 6) is 0. The van der Waals surface area contributed by atoms with Gasteiger partial charge in [0.1, 0.15) is 5.15 Å². The zero-order valence-electron chi connectivity index (χ0n) is 5.39. The molecule has 0 atom stereocenters. The Morgan fingerprint density at radius 2 is 2.36 bits per heavy atom. The van der Waals surface area contributed by atoms with Gasteiger partial charge in [0.05, 0.1) is 17.1 Å². The van der Waals surface area contributed by atoms with Crippen molar-refractivity contribution in [3.63, 3.8) is 0 Å². The maximum atomic E-state index is 11.1. The highest BCUT2D eigenvalue weighted by Gasteiger charge is 2.00. The average molecular weight is 170 g/mol. The summed E-state index contributed by atoms with van der Waals surface area (Å²) in [5.41, 5.74) is 0.431. The molecule has 0 aromatic carbocycles. The molecular formula is C6H4ClN3O. The maximum Gasteiger partial charge on any atom is 0.260 e. The zero-order valence-corrected chi connectivity index (χ0v) is 6.14. The molecule has 0 saturated carbocycles. The molecule has 0 fully saturated rings. The van der Waals surface area contributed by atoms with Crippen LogP contribution < -0.4 is 5.56 Å². The van der Waals surface area contributed by atoms with Gasteiger partial charge in [0, 0.05) is 0 Å². The van der Waals surface area contributed by atoms with Gasteiger partial charge in [-0.25, -0.2) is 0 Å². The number of aromatic nitrogens is 3. The molecule has 0 radical (unpaired) electrons. The van der Waals surface area contributed by atoms with Crippen molar-refractivity contribution in [1.29, 1.82) is 0 Å². The van der Waals surface area contributed by atoms with Gasteiger partial charge in [-0.3, -0.25) is 9.89 Å². The monoisotopic (exact) mass is 169 g/mol. The summed E-state index contributed by atoms with van der Waals surface area (Å²) >= 11 is 5.58. The van der Waals surface area contributed by atoms with Gasteiger partial charge < -0.3 is 4.98 Å². The molecule has 0 unspecified atom stereocenters. The summed E-state index contributed by atoms with van der Waals surface area (Å²) in [5, 5.41) is 7.18. The van der Waals surface area contributed by atoms with E-state index in [4.69, 9.17) is 11.6 Å². The van der Waals surface area contributed by atoms with Gasteiger partial charge in [-0.1, -0.05) is 11.6 Å². The fourth-order valence-corrected chi connectivity index (χ4v) is 1.12. The number of fused-ring (bicyclic) bond motifs is 1. The Kier molecular flexibility index (Phi) is 1.22. The van der Waals surface area contributed by atoms with Crippen molar-refractivity contribution in [2.75, 3.05) is 0 Å². The zero-order chi connectivity index (χ0) is 7.84. The van der Waals surface area contributed by atoms with E-state index in [-0.39, 0.29) is 5.56 Å². The van der Waals surface area contributed by atoms with Crippen LogP contribution in [0.1, 0.15) is 0 Å². The van der Waals surface area contributed by atoms with Gasteiger partial charge >= 0.3 is 0 Å². The summed E-state index contributed by atoms with van der Waals surface area (Å²) < 4.78 is 0. The van der Waals surface area contributed by atoms with Crippen LogP contribution in [-0.4, -0.2) is 15.2 Å². The van der Waals surface area contributed by atoms with Crippen LogP contribution in [0.25, 0.3) is 10.9 Å². The van der Waals surface area contributed by atoms with Crippen LogP contribution in [0.2, 0.25) is 5.15 Å². The highest BCUT2D eigenvalue weighted by Crippen LogP contribution is 2.08. The average Bonchev–Trinajstić information content (AvgIpc) is 2.34. The van der Waals surface area contributed by atoms with E-state index in [2.05, 4.69) is 15.2 Å². The van der Waals surface area contributed by atoms with Crippen molar-refractivity contribution in [1.82, 2.24) is 15.2 Å². The van der Waals surface area contributed by atoms with E-state index >= 15 is 0 Å². The molecule has 2 aromatic heterocycles. The number of pyridine rings is 1. The largest absolute Gasteiger partial charge is 0.312 e. The van der Waals surface area contributed by atoms with Crippen LogP contribution in [0, 0.1) is 0 Å². The van der Waals surface area contributed by atoms with Crippen molar-refractivity contribution < 1.29 is 0 Å². The predicted octanol–water partition coefficient (Wildman–Crippen LogP) is 0.905. The third kappa shape index (κ3) is 0.914. The third-order valence-electron chi connectivity index (χ3n) is 1.42. The highest BCUT2D eigenvalue weighted by atomic mass is 35.5. The molecule has 0 bridgehead atoms. The van der Waals surface area contributed by atoms with Gasteiger partial charge in [0.15, 0.2) is 0 Å². The molecule has 0 aliphatic heterocycles. The summed E-state index contributed by atoms with van der Waals surface area (Å²) in [6.07, 6.45) is 1.46. The fraction of sp³-hybridized carbons (Fsp3) is 0. The van der Waals surface area contributed by atoms with Crippen LogP contribution >= 0.6 is 11.6 Å². The molecule has 0 spiro atoms. The number of aromatic amines is 2. The normalized spacial score (nSPS) is 10.6. The predicted molar refractivity (Wildman–Crippen MR) is 41.7 cm³/mol. The van der Waals surface area contributed by atoms with Crippen molar-refractivity contribution in [3.8, 4) is 0 Å². The quantitative estimate of drug-likeness (QED) is 0.576. The molecule has 56 valence electrons. The first-order chi connectivity index (χ1) is 5.27. The molecule has 0 amide bonds. The lowest BCUT2D eigenvalue weighted by molar-refractivity contribution is 1.12. The molecule has 2 N–H and O–H groups in total. The lowest BCUT2D eigenvalue weighted by atomic mass is 10.3. The van der Waals surface area contributed by atoms with E-state index < -0.39 is 0 Å². The van der Waals surface area contributed by atoms with E-state index in [0.29, 0.717) is 16.1 Å². The molecule has 0 aliphatic rings. The molecule has 11 heavy (non-hydrogen) atoms. The van der Waals surface area contributed by atoms with E-state index in [1.807, 2.05) is 0 Å². The molecule has 2 aromatic rings. The summed E-state index contributed by atoms with van der Waals surface area (Å²) in [4.78, 5) is 13.5. The lowest BCUT2D eigenvalue weighted by Gasteiger charge is -1.88. The number of halogens is 1. The number of H-pyrrole nitrogens is 2. The van der Waals surface area contributed by atoms with Gasteiger partial charge in [-0.15, -0.1) is 0 Å². The van der Waals surface area contributed by atoms with E-state index in [0.717, 1.165) is 0 Å². The Morgan fingerprint density at radius 1 is 1.55 bits per heavy atom. The molecule has 4 nitrogen and oxygen atoms in total. The van der Waals surface area contributed by atoms with E-state index in [1.165, 1.54) is 6.20 Å². The summed E-state index contributed by atoms with van der Waals surface area (Å²) in [6.45, 7) is 0. The van der Waals surface area contributed by atoms with Crippen LogP contribution in [0.15, 0.2) is 17.1 Å². The van der Waals surface area contributed by atoms with Gasteiger partial charge in [-0.05, 0) is 6.07 Å². The minimum Gasteiger partial charge on any atom is -0.312 e. The third-order valence-corrected chi connectivity index (χ3v) is 1.62. The van der Waals surface area contributed by atoms with E-state index in [9.17, 15) is 4.79 Å².